The fraction of sp³-hybridized carbons (Fsp3) is 0.538. The van der Waals surface area contributed by atoms with E-state index in [1.165, 1.54) is 4.31 Å². The smallest absolute Gasteiger partial charge is 0.207 e. The molecule has 0 N–H and O–H groups in total. The molecule has 0 bridgehead atoms. The highest BCUT2D eigenvalue weighted by atomic mass is 32.2. The molecular formula is C13H21NO2S2. The molecule has 0 aromatic heterocycles. The van der Waals surface area contributed by atoms with Crippen molar-refractivity contribution in [3.05, 3.63) is 29.8 Å². The third-order valence-corrected chi connectivity index (χ3v) is 5.39. The molecule has 0 saturated carbocycles. The van der Waals surface area contributed by atoms with Gasteiger partial charge in [0.05, 0.1) is 4.90 Å². The third-order valence-electron chi connectivity index (χ3n) is 3.12. The standard InChI is InChI=1S/C13H21NO2S2/c1-10(2)13(9-17)14(4)18(15,16)12-7-5-11(3)6-8-12/h5-8,10,13,17H,9H2,1-4H3/t13-/m1/s1. The van der Waals surface area contributed by atoms with Gasteiger partial charge in [-0.15, -0.1) is 0 Å². The summed E-state index contributed by atoms with van der Waals surface area (Å²) in [4.78, 5) is 0.336. The van der Waals surface area contributed by atoms with Crippen molar-refractivity contribution in [2.45, 2.75) is 31.7 Å². The van der Waals surface area contributed by atoms with E-state index in [9.17, 15) is 8.42 Å². The van der Waals surface area contributed by atoms with E-state index in [2.05, 4.69) is 12.6 Å². The summed E-state index contributed by atoms with van der Waals surface area (Å²) in [5.41, 5.74) is 1.05. The lowest BCUT2D eigenvalue weighted by Gasteiger charge is -2.29. The van der Waals surface area contributed by atoms with E-state index in [0.717, 1.165) is 5.56 Å². The molecule has 0 fully saturated rings. The van der Waals surface area contributed by atoms with Gasteiger partial charge >= 0.3 is 0 Å². The summed E-state index contributed by atoms with van der Waals surface area (Å²) in [6, 6.07) is 6.82. The van der Waals surface area contributed by atoms with Crippen molar-refractivity contribution >= 4 is 22.7 Å². The lowest BCUT2D eigenvalue weighted by atomic mass is 10.1. The lowest BCUT2D eigenvalue weighted by molar-refractivity contribution is 0.321. The summed E-state index contributed by atoms with van der Waals surface area (Å²) in [5.74, 6) is 0.743. The van der Waals surface area contributed by atoms with Crippen molar-refractivity contribution in [1.29, 1.82) is 0 Å². The summed E-state index contributed by atoms with van der Waals surface area (Å²) in [7, 11) is -1.81. The number of rotatable bonds is 5. The average molecular weight is 287 g/mol. The summed E-state index contributed by atoms with van der Waals surface area (Å²) in [6.07, 6.45) is 0. The van der Waals surface area contributed by atoms with Crippen molar-refractivity contribution in [1.82, 2.24) is 4.31 Å². The zero-order chi connectivity index (χ0) is 13.9. The Bertz CT molecular complexity index is 480. The number of hydrogen-bond donors (Lipinski definition) is 1. The highest BCUT2D eigenvalue weighted by Gasteiger charge is 2.28. The van der Waals surface area contributed by atoms with Crippen LogP contribution in [0.4, 0.5) is 0 Å². The molecule has 0 unspecified atom stereocenters. The van der Waals surface area contributed by atoms with Crippen LogP contribution in [0.25, 0.3) is 0 Å². The van der Waals surface area contributed by atoms with Gasteiger partial charge in [0.2, 0.25) is 10.0 Å². The second-order valence-corrected chi connectivity index (χ2v) is 7.19. The Hall–Kier alpha value is -0.520. The number of sulfonamides is 1. The Morgan fingerprint density at radius 1 is 1.22 bits per heavy atom. The Morgan fingerprint density at radius 3 is 2.11 bits per heavy atom. The van der Waals surface area contributed by atoms with E-state index < -0.39 is 10.0 Å². The van der Waals surface area contributed by atoms with Gasteiger partial charge in [-0.25, -0.2) is 8.42 Å². The van der Waals surface area contributed by atoms with Crippen LogP contribution in [0.2, 0.25) is 0 Å². The maximum absolute atomic E-state index is 12.4. The zero-order valence-electron chi connectivity index (χ0n) is 11.3. The first-order valence-electron chi connectivity index (χ1n) is 5.96. The Labute approximate surface area is 116 Å². The molecule has 0 aliphatic heterocycles. The molecule has 1 aromatic rings. The van der Waals surface area contributed by atoms with Gasteiger partial charge in [0, 0.05) is 18.8 Å². The predicted molar refractivity (Wildman–Crippen MR) is 78.6 cm³/mol. The van der Waals surface area contributed by atoms with Crippen LogP contribution in [0.5, 0.6) is 0 Å². The van der Waals surface area contributed by atoms with Gasteiger partial charge in [0.25, 0.3) is 0 Å². The van der Waals surface area contributed by atoms with Crippen molar-refractivity contribution in [2.75, 3.05) is 12.8 Å². The second-order valence-electron chi connectivity index (χ2n) is 4.83. The molecule has 0 aliphatic carbocycles. The molecule has 102 valence electrons. The number of benzene rings is 1. The van der Waals surface area contributed by atoms with Gasteiger partial charge in [0.15, 0.2) is 0 Å². The Morgan fingerprint density at radius 2 is 1.72 bits per heavy atom. The van der Waals surface area contributed by atoms with E-state index in [4.69, 9.17) is 0 Å². The highest BCUT2D eigenvalue weighted by molar-refractivity contribution is 7.89. The first-order chi connectivity index (χ1) is 8.30. The SMILES string of the molecule is Cc1ccc(S(=O)(=O)N(C)[C@H](CS)C(C)C)cc1. The molecule has 18 heavy (non-hydrogen) atoms. The molecule has 3 nitrogen and oxygen atoms in total. The first-order valence-corrected chi connectivity index (χ1v) is 8.03. The highest BCUT2D eigenvalue weighted by Crippen LogP contribution is 2.21. The fourth-order valence-corrected chi connectivity index (χ4v) is 4.06. The van der Waals surface area contributed by atoms with E-state index in [-0.39, 0.29) is 12.0 Å². The largest absolute Gasteiger partial charge is 0.243 e. The molecule has 5 heteroatoms. The molecule has 0 amide bonds. The van der Waals surface area contributed by atoms with Gasteiger partial charge in [-0.2, -0.15) is 16.9 Å². The minimum Gasteiger partial charge on any atom is -0.207 e. The molecule has 0 radical (unpaired) electrons. The minimum absolute atomic E-state index is 0.0976. The van der Waals surface area contributed by atoms with Gasteiger partial charge in [0.1, 0.15) is 0 Å². The van der Waals surface area contributed by atoms with Crippen LogP contribution in [-0.4, -0.2) is 31.6 Å². The molecule has 0 heterocycles. The lowest BCUT2D eigenvalue weighted by Crippen LogP contribution is -2.41. The van der Waals surface area contributed by atoms with Gasteiger partial charge in [-0.05, 0) is 25.0 Å². The van der Waals surface area contributed by atoms with Crippen molar-refractivity contribution in [3.63, 3.8) is 0 Å². The van der Waals surface area contributed by atoms with Crippen molar-refractivity contribution < 1.29 is 8.42 Å². The zero-order valence-corrected chi connectivity index (χ0v) is 13.0. The summed E-state index contributed by atoms with van der Waals surface area (Å²) >= 11 is 4.25. The summed E-state index contributed by atoms with van der Waals surface area (Å²) in [6.45, 7) is 5.94. The van der Waals surface area contributed by atoms with Crippen LogP contribution >= 0.6 is 12.6 Å². The van der Waals surface area contributed by atoms with E-state index in [0.29, 0.717) is 10.6 Å². The van der Waals surface area contributed by atoms with E-state index in [1.54, 1.807) is 19.2 Å². The monoisotopic (exact) mass is 287 g/mol. The quantitative estimate of drug-likeness (QED) is 0.845. The Kier molecular flexibility index (Phi) is 5.25. The minimum atomic E-state index is -3.43. The van der Waals surface area contributed by atoms with Crippen LogP contribution in [0, 0.1) is 12.8 Å². The average Bonchev–Trinajstić information content (AvgIpc) is 2.29. The molecule has 0 spiro atoms. The number of nitrogens with zero attached hydrogens (tertiary/aromatic N) is 1. The van der Waals surface area contributed by atoms with Crippen LogP contribution in [-0.2, 0) is 10.0 Å². The van der Waals surface area contributed by atoms with Gasteiger partial charge in [-0.3, -0.25) is 0 Å². The fourth-order valence-electron chi connectivity index (χ4n) is 1.80. The van der Waals surface area contributed by atoms with Gasteiger partial charge in [-0.1, -0.05) is 31.5 Å². The van der Waals surface area contributed by atoms with Crippen LogP contribution in [0.15, 0.2) is 29.2 Å². The van der Waals surface area contributed by atoms with Crippen LogP contribution in [0.3, 0.4) is 0 Å². The number of thiol groups is 1. The molecule has 1 atom stereocenters. The third kappa shape index (κ3) is 3.28. The Balaban J connectivity index is 3.09. The van der Waals surface area contributed by atoms with Crippen molar-refractivity contribution in [3.8, 4) is 0 Å². The maximum atomic E-state index is 12.4. The maximum Gasteiger partial charge on any atom is 0.243 e. The molecule has 1 aromatic carbocycles. The second kappa shape index (κ2) is 6.08. The van der Waals surface area contributed by atoms with Gasteiger partial charge < -0.3 is 0 Å². The molecular weight excluding hydrogens is 266 g/mol. The van der Waals surface area contributed by atoms with E-state index in [1.807, 2.05) is 32.9 Å². The summed E-state index contributed by atoms with van der Waals surface area (Å²) < 4.78 is 26.3. The molecule has 0 aliphatic rings. The van der Waals surface area contributed by atoms with E-state index >= 15 is 0 Å². The van der Waals surface area contributed by atoms with Crippen LogP contribution < -0.4 is 0 Å². The normalized spacial score (nSPS) is 14.2. The van der Waals surface area contributed by atoms with Crippen molar-refractivity contribution in [2.24, 2.45) is 5.92 Å². The molecule has 0 saturated heterocycles. The predicted octanol–water partition coefficient (Wildman–Crippen LogP) is 2.57. The topological polar surface area (TPSA) is 37.4 Å². The number of aryl methyl sites for hydroxylation is 1. The van der Waals surface area contributed by atoms with Crippen LogP contribution in [0.1, 0.15) is 19.4 Å². The first kappa shape index (κ1) is 15.5. The number of hydrogen-bond acceptors (Lipinski definition) is 3. The summed E-state index contributed by atoms with van der Waals surface area (Å²) in [5, 5.41) is 0. The molecule has 1 rings (SSSR count).